The number of aromatic nitrogens is 1. The summed E-state index contributed by atoms with van der Waals surface area (Å²) in [6, 6.07) is 19.0. The number of anilines is 1. The maximum Gasteiger partial charge on any atom is 0.243 e. The fraction of sp³-hybridized carbons (Fsp3) is 0.182. The first-order valence-corrected chi connectivity index (χ1v) is 10.8. The predicted molar refractivity (Wildman–Crippen MR) is 111 cm³/mol. The third-order valence-electron chi connectivity index (χ3n) is 5.04. The highest BCUT2D eigenvalue weighted by molar-refractivity contribution is 7.89. The summed E-state index contributed by atoms with van der Waals surface area (Å²) in [5, 5.41) is 2.81. The van der Waals surface area contributed by atoms with Gasteiger partial charge in [0.05, 0.1) is 22.8 Å². The minimum absolute atomic E-state index is 0.0258. The number of carbonyl (C=O) groups is 1. The van der Waals surface area contributed by atoms with Crippen molar-refractivity contribution in [2.75, 3.05) is 11.9 Å². The molecule has 0 spiro atoms. The van der Waals surface area contributed by atoms with E-state index in [1.54, 1.807) is 54.9 Å². The molecule has 0 unspecified atom stereocenters. The summed E-state index contributed by atoms with van der Waals surface area (Å²) in [5.74, 6) is -0.257. The molecule has 1 aliphatic heterocycles. The van der Waals surface area contributed by atoms with E-state index >= 15 is 0 Å². The van der Waals surface area contributed by atoms with Gasteiger partial charge in [-0.3, -0.25) is 9.78 Å². The number of sulfonamides is 1. The van der Waals surface area contributed by atoms with Gasteiger partial charge in [0.1, 0.15) is 0 Å². The minimum atomic E-state index is -3.73. The first-order chi connectivity index (χ1) is 14.1. The maximum atomic E-state index is 13.3. The van der Waals surface area contributed by atoms with Crippen LogP contribution in [0.1, 0.15) is 23.6 Å². The van der Waals surface area contributed by atoms with Crippen LogP contribution in [-0.2, 0) is 21.2 Å². The Labute approximate surface area is 170 Å². The molecule has 6 nitrogen and oxygen atoms in total. The first-order valence-electron chi connectivity index (χ1n) is 9.40. The number of benzene rings is 2. The quantitative estimate of drug-likeness (QED) is 0.703. The topological polar surface area (TPSA) is 79.4 Å². The van der Waals surface area contributed by atoms with E-state index in [1.807, 2.05) is 24.3 Å². The van der Waals surface area contributed by atoms with Gasteiger partial charge in [-0.25, -0.2) is 8.42 Å². The van der Waals surface area contributed by atoms with E-state index in [9.17, 15) is 13.2 Å². The molecule has 1 aliphatic rings. The molecule has 4 rings (SSSR count). The Balaban J connectivity index is 1.67. The molecule has 1 atom stereocenters. The van der Waals surface area contributed by atoms with Crippen LogP contribution in [0.3, 0.4) is 0 Å². The van der Waals surface area contributed by atoms with Crippen molar-refractivity contribution >= 4 is 21.6 Å². The summed E-state index contributed by atoms with van der Waals surface area (Å²) in [6.45, 7) is 0.332. The Bertz CT molecular complexity index is 1100. The van der Waals surface area contributed by atoms with Gasteiger partial charge in [-0.1, -0.05) is 42.5 Å². The van der Waals surface area contributed by atoms with Gasteiger partial charge in [-0.2, -0.15) is 4.31 Å². The molecule has 0 saturated heterocycles. The number of hydrogen-bond donors (Lipinski definition) is 1. The van der Waals surface area contributed by atoms with E-state index in [4.69, 9.17) is 0 Å². The zero-order chi connectivity index (χ0) is 20.3. The predicted octanol–water partition coefficient (Wildman–Crippen LogP) is 3.40. The monoisotopic (exact) mass is 407 g/mol. The lowest BCUT2D eigenvalue weighted by Crippen LogP contribution is -2.41. The maximum absolute atomic E-state index is 13.3. The number of nitrogens with one attached hydrogen (secondary N) is 1. The van der Waals surface area contributed by atoms with Crippen LogP contribution in [0.5, 0.6) is 0 Å². The highest BCUT2D eigenvalue weighted by atomic mass is 32.2. The second-order valence-corrected chi connectivity index (χ2v) is 8.78. The van der Waals surface area contributed by atoms with Crippen molar-refractivity contribution in [2.45, 2.75) is 23.8 Å². The molecule has 0 fully saturated rings. The average Bonchev–Trinajstić information content (AvgIpc) is 2.75. The average molecular weight is 407 g/mol. The Kier molecular flexibility index (Phi) is 5.42. The van der Waals surface area contributed by atoms with Crippen LogP contribution in [0.15, 0.2) is 84.0 Å². The summed E-state index contributed by atoms with van der Waals surface area (Å²) >= 11 is 0. The fourth-order valence-electron chi connectivity index (χ4n) is 3.68. The molecule has 148 valence electrons. The van der Waals surface area contributed by atoms with Crippen molar-refractivity contribution in [3.05, 3.63) is 90.3 Å². The summed E-state index contributed by atoms with van der Waals surface area (Å²) in [6.07, 6.45) is 3.83. The van der Waals surface area contributed by atoms with Gasteiger partial charge in [0, 0.05) is 19.2 Å². The van der Waals surface area contributed by atoms with Crippen molar-refractivity contribution in [3.8, 4) is 0 Å². The van der Waals surface area contributed by atoms with Crippen LogP contribution in [-0.4, -0.2) is 30.2 Å². The number of nitrogens with zero attached hydrogens (tertiary/aromatic N) is 2. The number of rotatable bonds is 5. The van der Waals surface area contributed by atoms with Crippen molar-refractivity contribution in [3.63, 3.8) is 0 Å². The minimum Gasteiger partial charge on any atom is -0.325 e. The summed E-state index contributed by atoms with van der Waals surface area (Å²) in [4.78, 5) is 17.0. The number of pyridine rings is 1. The summed E-state index contributed by atoms with van der Waals surface area (Å²) < 4.78 is 28.1. The second-order valence-electron chi connectivity index (χ2n) is 6.89. The van der Waals surface area contributed by atoms with Gasteiger partial charge in [0.2, 0.25) is 15.9 Å². The van der Waals surface area contributed by atoms with E-state index in [0.717, 1.165) is 11.1 Å². The second kappa shape index (κ2) is 8.14. The highest BCUT2D eigenvalue weighted by Gasteiger charge is 2.37. The fourth-order valence-corrected chi connectivity index (χ4v) is 5.31. The van der Waals surface area contributed by atoms with Crippen molar-refractivity contribution in [1.29, 1.82) is 0 Å². The van der Waals surface area contributed by atoms with Crippen LogP contribution in [0.2, 0.25) is 0 Å². The number of hydrogen-bond acceptors (Lipinski definition) is 4. The normalized spacial score (nSPS) is 16.8. The third kappa shape index (κ3) is 4.06. The van der Waals surface area contributed by atoms with E-state index in [-0.39, 0.29) is 17.2 Å². The molecule has 29 heavy (non-hydrogen) atoms. The molecule has 0 saturated carbocycles. The van der Waals surface area contributed by atoms with Crippen molar-refractivity contribution < 1.29 is 13.2 Å². The van der Waals surface area contributed by atoms with E-state index in [1.165, 1.54) is 4.31 Å². The SMILES string of the molecule is O=C(C[C@@H]1c2ccccc2CCN1S(=O)(=O)c1ccccc1)Nc1cccnc1. The first kappa shape index (κ1) is 19.3. The molecule has 3 aromatic rings. The van der Waals surface area contributed by atoms with Crippen LogP contribution in [0.25, 0.3) is 0 Å². The molecule has 1 aromatic heterocycles. The van der Waals surface area contributed by atoms with Gasteiger partial charge in [-0.15, -0.1) is 0 Å². The van der Waals surface area contributed by atoms with Crippen LogP contribution < -0.4 is 5.32 Å². The smallest absolute Gasteiger partial charge is 0.243 e. The largest absolute Gasteiger partial charge is 0.325 e. The summed E-state index contributed by atoms with van der Waals surface area (Å²) in [7, 11) is -3.73. The van der Waals surface area contributed by atoms with Gasteiger partial charge in [0.15, 0.2) is 0 Å². The zero-order valence-corrected chi connectivity index (χ0v) is 16.5. The van der Waals surface area contributed by atoms with Crippen molar-refractivity contribution in [1.82, 2.24) is 9.29 Å². The lowest BCUT2D eigenvalue weighted by molar-refractivity contribution is -0.117. The van der Waals surface area contributed by atoms with E-state index in [0.29, 0.717) is 18.7 Å². The Morgan fingerprint density at radius 1 is 1.03 bits per heavy atom. The van der Waals surface area contributed by atoms with E-state index < -0.39 is 16.1 Å². The number of carbonyl (C=O) groups excluding carboxylic acids is 1. The molecule has 2 aromatic carbocycles. The van der Waals surface area contributed by atoms with Gasteiger partial charge >= 0.3 is 0 Å². The van der Waals surface area contributed by atoms with E-state index in [2.05, 4.69) is 10.3 Å². The van der Waals surface area contributed by atoms with Gasteiger partial charge in [0.25, 0.3) is 0 Å². The van der Waals surface area contributed by atoms with Gasteiger partial charge < -0.3 is 5.32 Å². The number of amides is 1. The molecule has 1 N–H and O–H groups in total. The summed E-state index contributed by atoms with van der Waals surface area (Å²) in [5.41, 5.74) is 2.53. The Morgan fingerprint density at radius 2 is 1.79 bits per heavy atom. The van der Waals surface area contributed by atoms with Crippen LogP contribution in [0.4, 0.5) is 5.69 Å². The molecule has 0 radical (unpaired) electrons. The lowest BCUT2D eigenvalue weighted by atomic mass is 9.92. The van der Waals surface area contributed by atoms with Crippen LogP contribution in [0, 0.1) is 0 Å². The third-order valence-corrected chi connectivity index (χ3v) is 6.96. The standard InChI is InChI=1S/C22H21N3O3S/c26-22(24-18-8-6-13-23-16-18)15-21-20-11-5-4-7-17(20)12-14-25(21)29(27,28)19-9-2-1-3-10-19/h1-11,13,16,21H,12,14-15H2,(H,24,26)/t21-/m1/s1. The Morgan fingerprint density at radius 3 is 2.55 bits per heavy atom. The molecular weight excluding hydrogens is 386 g/mol. The van der Waals surface area contributed by atoms with Crippen molar-refractivity contribution in [2.24, 2.45) is 0 Å². The number of fused-ring (bicyclic) bond motifs is 1. The molecular formula is C22H21N3O3S. The lowest BCUT2D eigenvalue weighted by Gasteiger charge is -2.36. The zero-order valence-electron chi connectivity index (χ0n) is 15.7. The highest BCUT2D eigenvalue weighted by Crippen LogP contribution is 2.36. The van der Waals surface area contributed by atoms with Gasteiger partial charge in [-0.05, 0) is 41.8 Å². The molecule has 1 amide bonds. The molecule has 0 aliphatic carbocycles. The Hall–Kier alpha value is -3.03. The van der Waals surface area contributed by atoms with Crippen LogP contribution >= 0.6 is 0 Å². The molecule has 0 bridgehead atoms. The molecule has 2 heterocycles. The molecule has 7 heteroatoms.